The van der Waals surface area contributed by atoms with Gasteiger partial charge in [-0.3, -0.25) is 13.2 Å². The predicted molar refractivity (Wildman–Crippen MR) is 533 cm³/mol. The highest BCUT2D eigenvalue weighted by molar-refractivity contribution is 6.28. The molecule has 0 fully saturated rings. The third kappa shape index (κ3) is 12.0. The molecule has 0 saturated carbocycles. The normalized spacial score (nSPS) is 11.9. The van der Waals surface area contributed by atoms with Crippen molar-refractivity contribution >= 4 is 180 Å². The van der Waals surface area contributed by atoms with E-state index in [0.29, 0.717) is 0 Å². The number of hydrogen-bond acceptors (Lipinski definition) is 9. The van der Waals surface area contributed by atoms with Gasteiger partial charge in [0.2, 0.25) is 0 Å². The zero-order valence-electron chi connectivity index (χ0n) is 69.3. The van der Waals surface area contributed by atoms with Gasteiger partial charge in [-0.05, 0) is 138 Å². The minimum absolute atomic E-state index is 0.878. The highest BCUT2D eigenvalue weighted by atomic mass is 15.0. The van der Waals surface area contributed by atoms with Gasteiger partial charge in [0.05, 0.1) is 100 Å². The van der Waals surface area contributed by atoms with Crippen molar-refractivity contribution in [3.63, 3.8) is 0 Å². The summed E-state index contributed by atoms with van der Waals surface area (Å²) in [6.07, 6.45) is 6.30. The summed E-state index contributed by atoms with van der Waals surface area (Å²) in [5.41, 5.74) is 28.6. The lowest BCUT2D eigenvalue weighted by Gasteiger charge is -2.14. The Hall–Kier alpha value is -17.6. The lowest BCUT2D eigenvalue weighted by Crippen LogP contribution is -1.96. The third-order valence-electron chi connectivity index (χ3n) is 25.7. The fourth-order valence-electron chi connectivity index (χ4n) is 19.7. The van der Waals surface area contributed by atoms with Crippen molar-refractivity contribution in [3.05, 3.63) is 425 Å². The Bertz CT molecular complexity index is 9530. The number of hydrogen-bond donors (Lipinski definition) is 0. The van der Waals surface area contributed by atoms with E-state index in [1.165, 1.54) is 53.9 Å². The molecular weight excluding hydrogens is 1570 g/mol. The van der Waals surface area contributed by atoms with Crippen LogP contribution in [0, 0.1) is 0 Å². The minimum Gasteiger partial charge on any atom is -0.299 e. The van der Waals surface area contributed by atoms with Crippen LogP contribution in [0.15, 0.2) is 425 Å². The van der Waals surface area contributed by atoms with Gasteiger partial charge in [-0.15, -0.1) is 0 Å². The Morgan fingerprint density at radius 3 is 0.767 bits per heavy atom. The lowest BCUT2D eigenvalue weighted by atomic mass is 9.94. The molecule has 12 heteroatoms. The predicted octanol–water partition coefficient (Wildman–Crippen LogP) is 29.3. The van der Waals surface area contributed by atoms with Crippen LogP contribution >= 0.6 is 0 Å². The summed E-state index contributed by atoms with van der Waals surface area (Å²) in [5.74, 6) is 0. The topological polar surface area (TPSA) is 129 Å². The summed E-state index contributed by atoms with van der Waals surface area (Å²) in [7, 11) is 0. The number of pyridine rings is 3. The largest absolute Gasteiger partial charge is 0.299 e. The van der Waals surface area contributed by atoms with Crippen LogP contribution in [0.25, 0.3) is 259 Å². The quantitative estimate of drug-likeness (QED) is 0.143. The first-order valence-corrected chi connectivity index (χ1v) is 43.5. The monoisotopic (exact) mass is 1640 g/mol. The van der Waals surface area contributed by atoms with Crippen molar-refractivity contribution in [2.75, 3.05) is 0 Å². The Morgan fingerprint density at radius 2 is 0.395 bits per heavy atom. The van der Waals surface area contributed by atoms with Crippen LogP contribution in [0.5, 0.6) is 0 Å². The number of benzene rings is 19. The van der Waals surface area contributed by atoms with Gasteiger partial charge in [-0.25, -0.2) is 44.9 Å². The molecule has 9 heterocycles. The van der Waals surface area contributed by atoms with E-state index in [0.717, 1.165) is 205 Å². The van der Waals surface area contributed by atoms with Crippen molar-refractivity contribution in [1.29, 1.82) is 0 Å². The van der Waals surface area contributed by atoms with Gasteiger partial charge in [0.15, 0.2) is 0 Å². The maximum atomic E-state index is 5.36. The molecular formula is C117H70N12. The van der Waals surface area contributed by atoms with E-state index < -0.39 is 0 Å². The molecule has 9 aromatic heterocycles. The van der Waals surface area contributed by atoms with E-state index in [1.807, 2.05) is 42.5 Å². The molecule has 0 aliphatic carbocycles. The molecule has 0 unspecified atom stereocenters. The molecule has 0 amide bonds. The molecule has 12 nitrogen and oxygen atoms in total. The molecule has 598 valence electrons. The average Bonchev–Trinajstić information content (AvgIpc) is 1.48. The van der Waals surface area contributed by atoms with E-state index in [2.05, 4.69) is 396 Å². The lowest BCUT2D eigenvalue weighted by molar-refractivity contribution is 1.23. The Kier molecular flexibility index (Phi) is 16.7. The van der Waals surface area contributed by atoms with Crippen LogP contribution in [0.2, 0.25) is 0 Å². The molecule has 129 heavy (non-hydrogen) atoms. The smallest absolute Gasteiger partial charge is 0.137 e. The summed E-state index contributed by atoms with van der Waals surface area (Å²) < 4.78 is 6.60. The molecule has 0 radical (unpaired) electrons. The maximum Gasteiger partial charge on any atom is 0.137 e. The number of rotatable bonds is 7. The van der Waals surface area contributed by atoms with Gasteiger partial charge in [0.25, 0.3) is 0 Å². The van der Waals surface area contributed by atoms with Crippen LogP contribution in [0.1, 0.15) is 0 Å². The second-order valence-electron chi connectivity index (χ2n) is 33.0. The van der Waals surface area contributed by atoms with Gasteiger partial charge in [0.1, 0.15) is 16.9 Å². The molecule has 28 rings (SSSR count). The SMILES string of the molecule is c1ccc(-c2nc3c(ccc4ccccc43)nc2-c2ccc3c(c2)c2ccccc2c2nc4ccccn4c32)cc1.c1ccc(-c2nc3ccc4ccc(-c5ccc6c(c5)c5ccccc5c5nc7ccccn7c65)cc4c3nc2-c2ccccc2)cc1.c1ccc(-c2nc3ccc4ccccc4c3nc2-c2ccc3c(c2)c2ccccc2c2nc4ccccn4c32)cc1. The molecule has 0 N–H and O–H groups in total. The van der Waals surface area contributed by atoms with E-state index in [9.17, 15) is 0 Å². The summed E-state index contributed by atoms with van der Waals surface area (Å²) in [6, 6.07) is 142. The first-order valence-electron chi connectivity index (χ1n) is 43.5. The van der Waals surface area contributed by atoms with E-state index in [-0.39, 0.29) is 0 Å². The molecule has 0 spiro atoms. The summed E-state index contributed by atoms with van der Waals surface area (Å²) in [6.45, 7) is 0. The Balaban J connectivity index is 0.000000102. The van der Waals surface area contributed by atoms with Crippen molar-refractivity contribution in [2.24, 2.45) is 0 Å². The van der Waals surface area contributed by atoms with Crippen LogP contribution < -0.4 is 0 Å². The zero-order valence-corrected chi connectivity index (χ0v) is 69.3. The van der Waals surface area contributed by atoms with Crippen LogP contribution in [0.3, 0.4) is 0 Å². The van der Waals surface area contributed by atoms with Crippen molar-refractivity contribution < 1.29 is 0 Å². The van der Waals surface area contributed by atoms with Gasteiger partial charge >= 0.3 is 0 Å². The van der Waals surface area contributed by atoms with Gasteiger partial charge < -0.3 is 0 Å². The third-order valence-corrected chi connectivity index (χ3v) is 25.7. The Labute approximate surface area is 737 Å². The Morgan fingerprint density at radius 1 is 0.140 bits per heavy atom. The second-order valence-corrected chi connectivity index (χ2v) is 33.0. The number of imidazole rings is 3. The standard InChI is InChI=1S/C43H26N4.2C37H22N4/c1-3-11-28(12-4-1)39-40(29-13-5-2-6-14-29)46-41-35-25-30(19-18-27(35)21-23-37(41)44-39)31-20-22-34-36(26-31)32-15-7-8-16-33(32)42-43(34)47-24-10-9-17-38(47)45-42;1-2-11-24(12-3-1)33-34(38-31-20-18-23-10-4-5-13-26(23)35(31)40-33)25-17-19-29-30(22-25)27-14-6-7-15-28(27)36-37(29)41-21-9-8-16-32(41)39-36;1-2-11-24(12-3-1)33-34(40-35-26-13-5-4-10-23(26)18-20-31(35)38-33)25-17-19-29-30(22-25)27-14-6-7-15-28(27)36-37(29)41-21-9-8-16-32(41)39-36/h1-26H;2*1-22H. The van der Waals surface area contributed by atoms with E-state index >= 15 is 0 Å². The maximum absolute atomic E-state index is 5.36. The molecule has 0 bridgehead atoms. The van der Waals surface area contributed by atoms with Crippen LogP contribution in [-0.4, -0.2) is 58.1 Å². The average molecular weight is 1640 g/mol. The summed E-state index contributed by atoms with van der Waals surface area (Å²) in [4.78, 5) is 46.8. The van der Waals surface area contributed by atoms with Gasteiger partial charge in [-0.2, -0.15) is 0 Å². The van der Waals surface area contributed by atoms with Crippen molar-refractivity contribution in [3.8, 4) is 78.7 Å². The molecule has 0 saturated heterocycles. The molecule has 0 aliphatic rings. The second kappa shape index (κ2) is 29.6. The van der Waals surface area contributed by atoms with Crippen molar-refractivity contribution in [2.45, 2.75) is 0 Å². The summed E-state index contributed by atoms with van der Waals surface area (Å²) in [5, 5.41) is 20.9. The fraction of sp³-hybridized carbons (Fsp3) is 0. The highest BCUT2D eigenvalue weighted by Gasteiger charge is 2.25. The van der Waals surface area contributed by atoms with Gasteiger partial charge in [-0.1, -0.05) is 328 Å². The zero-order chi connectivity index (χ0) is 84.7. The summed E-state index contributed by atoms with van der Waals surface area (Å²) >= 11 is 0. The van der Waals surface area contributed by atoms with E-state index in [1.54, 1.807) is 0 Å². The molecule has 0 aliphatic heterocycles. The number of fused-ring (bicyclic) bond motifs is 33. The molecule has 0 atom stereocenters. The van der Waals surface area contributed by atoms with Gasteiger partial charge in [0, 0.05) is 100 Å². The van der Waals surface area contributed by atoms with Crippen LogP contribution in [-0.2, 0) is 0 Å². The fourth-order valence-corrected chi connectivity index (χ4v) is 19.7. The highest BCUT2D eigenvalue weighted by Crippen LogP contribution is 2.46. The first-order chi connectivity index (χ1) is 64.0. The number of nitrogens with zero attached hydrogens (tertiary/aromatic N) is 12. The molecule has 28 aromatic rings. The minimum atomic E-state index is 0.878. The van der Waals surface area contributed by atoms with E-state index in [4.69, 9.17) is 44.9 Å². The first kappa shape index (κ1) is 73.0. The number of aromatic nitrogens is 12. The van der Waals surface area contributed by atoms with Crippen molar-refractivity contribution in [1.82, 2.24) is 58.1 Å². The molecule has 19 aromatic carbocycles. The van der Waals surface area contributed by atoms with Crippen LogP contribution in [0.4, 0.5) is 0 Å².